The summed E-state index contributed by atoms with van der Waals surface area (Å²) in [6.45, 7) is 3.54. The normalized spacial score (nSPS) is 11.7. The Kier molecular flexibility index (Phi) is 3.72. The third kappa shape index (κ3) is 1.97. The molecule has 0 spiro atoms. The van der Waals surface area contributed by atoms with Gasteiger partial charge in [0.1, 0.15) is 11.0 Å². The second-order valence-electron chi connectivity index (χ2n) is 3.98. The number of sulfone groups is 1. The first kappa shape index (κ1) is 14.5. The Morgan fingerprint density at radius 2 is 1.61 bits per heavy atom. The first-order valence-corrected chi connectivity index (χ1v) is 6.51. The molecule has 0 atom stereocenters. The standard InChI is InChI=1S/C11H10F3NO2S/c1-5(2)18(16,17)11-7(4-15)6(3)8(12)9(13)10(11)14/h5H,1-3H3. The van der Waals surface area contributed by atoms with Gasteiger partial charge in [-0.1, -0.05) is 0 Å². The van der Waals surface area contributed by atoms with E-state index in [2.05, 4.69) is 0 Å². The molecule has 0 saturated carbocycles. The molecule has 1 aromatic rings. The fraction of sp³-hybridized carbons (Fsp3) is 0.364. The zero-order valence-electron chi connectivity index (χ0n) is 9.88. The van der Waals surface area contributed by atoms with Crippen LogP contribution in [0.25, 0.3) is 0 Å². The molecule has 7 heteroatoms. The van der Waals surface area contributed by atoms with Crippen LogP contribution in [-0.4, -0.2) is 13.7 Å². The van der Waals surface area contributed by atoms with Crippen LogP contribution in [0.15, 0.2) is 4.90 Å². The molecule has 1 rings (SSSR count). The van der Waals surface area contributed by atoms with E-state index in [-0.39, 0.29) is 0 Å². The minimum Gasteiger partial charge on any atom is -0.223 e. The maximum Gasteiger partial charge on any atom is 0.196 e. The molecule has 18 heavy (non-hydrogen) atoms. The molecule has 0 aliphatic heterocycles. The predicted molar refractivity (Wildman–Crippen MR) is 58.1 cm³/mol. The van der Waals surface area contributed by atoms with E-state index >= 15 is 0 Å². The van der Waals surface area contributed by atoms with Crippen molar-refractivity contribution in [3.8, 4) is 6.07 Å². The van der Waals surface area contributed by atoms with Gasteiger partial charge in [-0.3, -0.25) is 0 Å². The third-order valence-electron chi connectivity index (χ3n) is 2.53. The van der Waals surface area contributed by atoms with Crippen molar-refractivity contribution in [2.45, 2.75) is 30.9 Å². The zero-order valence-corrected chi connectivity index (χ0v) is 10.7. The van der Waals surface area contributed by atoms with Gasteiger partial charge in [0.2, 0.25) is 0 Å². The summed E-state index contributed by atoms with van der Waals surface area (Å²) in [5.74, 6) is -5.28. The molecule has 0 aromatic heterocycles. The van der Waals surface area contributed by atoms with Crippen LogP contribution in [0, 0.1) is 35.7 Å². The van der Waals surface area contributed by atoms with Gasteiger partial charge in [-0.15, -0.1) is 0 Å². The highest BCUT2D eigenvalue weighted by Crippen LogP contribution is 2.30. The Bertz CT molecular complexity index is 645. The summed E-state index contributed by atoms with van der Waals surface area (Å²) in [5, 5.41) is 7.76. The Hall–Kier alpha value is -1.55. The van der Waals surface area contributed by atoms with Crippen LogP contribution < -0.4 is 0 Å². The lowest BCUT2D eigenvalue weighted by Gasteiger charge is -2.13. The van der Waals surface area contributed by atoms with Gasteiger partial charge in [-0.2, -0.15) is 5.26 Å². The Balaban J connectivity index is 3.93. The number of hydrogen-bond donors (Lipinski definition) is 0. The lowest BCUT2D eigenvalue weighted by molar-refractivity contribution is 0.427. The van der Waals surface area contributed by atoms with E-state index in [0.717, 1.165) is 6.92 Å². The largest absolute Gasteiger partial charge is 0.223 e. The molecule has 0 saturated heterocycles. The fourth-order valence-electron chi connectivity index (χ4n) is 1.39. The molecule has 0 amide bonds. The summed E-state index contributed by atoms with van der Waals surface area (Å²) in [5.41, 5.74) is -1.21. The van der Waals surface area contributed by atoms with Gasteiger partial charge in [-0.05, 0) is 20.8 Å². The van der Waals surface area contributed by atoms with Crippen molar-refractivity contribution in [2.75, 3.05) is 0 Å². The number of benzene rings is 1. The quantitative estimate of drug-likeness (QED) is 0.616. The highest BCUT2D eigenvalue weighted by molar-refractivity contribution is 7.92. The van der Waals surface area contributed by atoms with Crippen molar-refractivity contribution in [2.24, 2.45) is 0 Å². The van der Waals surface area contributed by atoms with E-state index in [1.165, 1.54) is 19.9 Å². The summed E-state index contributed by atoms with van der Waals surface area (Å²) in [6.07, 6.45) is 0. The number of rotatable bonds is 2. The first-order chi connectivity index (χ1) is 8.16. The molecule has 0 aliphatic carbocycles. The minimum absolute atomic E-state index is 0.518. The summed E-state index contributed by atoms with van der Waals surface area (Å²) in [4.78, 5) is -1.07. The molecule has 0 aliphatic rings. The van der Waals surface area contributed by atoms with Crippen LogP contribution in [0.3, 0.4) is 0 Å². The van der Waals surface area contributed by atoms with E-state index < -0.39 is 48.6 Å². The molecule has 0 heterocycles. The maximum absolute atomic E-state index is 13.6. The van der Waals surface area contributed by atoms with Gasteiger partial charge in [0, 0.05) is 5.56 Å². The van der Waals surface area contributed by atoms with Crippen LogP contribution in [0.5, 0.6) is 0 Å². The number of nitriles is 1. The van der Waals surface area contributed by atoms with Crippen molar-refractivity contribution in [3.05, 3.63) is 28.6 Å². The Labute approximate surface area is 103 Å². The average Bonchev–Trinajstić information content (AvgIpc) is 2.30. The molecule has 0 bridgehead atoms. The van der Waals surface area contributed by atoms with E-state index in [1.54, 1.807) is 0 Å². The lowest BCUT2D eigenvalue weighted by atomic mass is 10.1. The molecule has 0 unspecified atom stereocenters. The summed E-state index contributed by atoms with van der Waals surface area (Å²) in [7, 11) is -4.22. The molecule has 0 fully saturated rings. The van der Waals surface area contributed by atoms with E-state index in [0.29, 0.717) is 0 Å². The summed E-state index contributed by atoms with van der Waals surface area (Å²) < 4.78 is 63.8. The van der Waals surface area contributed by atoms with E-state index in [4.69, 9.17) is 5.26 Å². The highest BCUT2D eigenvalue weighted by atomic mass is 32.2. The van der Waals surface area contributed by atoms with Crippen molar-refractivity contribution in [3.63, 3.8) is 0 Å². The number of halogens is 3. The number of hydrogen-bond acceptors (Lipinski definition) is 3. The Morgan fingerprint density at radius 3 is 2.00 bits per heavy atom. The van der Waals surface area contributed by atoms with Crippen LogP contribution >= 0.6 is 0 Å². The van der Waals surface area contributed by atoms with Gasteiger partial charge in [0.05, 0.1) is 10.8 Å². The first-order valence-electron chi connectivity index (χ1n) is 4.97. The molecule has 1 aromatic carbocycles. The highest BCUT2D eigenvalue weighted by Gasteiger charge is 2.32. The molecule has 0 radical (unpaired) electrons. The second-order valence-corrected chi connectivity index (χ2v) is 6.42. The lowest BCUT2D eigenvalue weighted by Crippen LogP contribution is -2.19. The van der Waals surface area contributed by atoms with Gasteiger partial charge < -0.3 is 0 Å². The zero-order chi connectivity index (χ0) is 14.2. The average molecular weight is 277 g/mol. The van der Waals surface area contributed by atoms with E-state index in [1.807, 2.05) is 0 Å². The molecular weight excluding hydrogens is 267 g/mol. The summed E-state index contributed by atoms with van der Waals surface area (Å²) in [6, 6.07) is 1.41. The van der Waals surface area contributed by atoms with Gasteiger partial charge in [0.25, 0.3) is 0 Å². The van der Waals surface area contributed by atoms with Crippen molar-refractivity contribution >= 4 is 9.84 Å². The number of nitrogens with zero attached hydrogens (tertiary/aromatic N) is 1. The van der Waals surface area contributed by atoms with Crippen molar-refractivity contribution in [1.29, 1.82) is 5.26 Å². The summed E-state index contributed by atoms with van der Waals surface area (Å²) >= 11 is 0. The van der Waals surface area contributed by atoms with Crippen LogP contribution in [0.2, 0.25) is 0 Å². The van der Waals surface area contributed by atoms with Crippen molar-refractivity contribution < 1.29 is 21.6 Å². The van der Waals surface area contributed by atoms with Gasteiger partial charge >= 0.3 is 0 Å². The van der Waals surface area contributed by atoms with Gasteiger partial charge in [0.15, 0.2) is 27.3 Å². The minimum atomic E-state index is -4.22. The molecule has 0 N–H and O–H groups in total. The second kappa shape index (κ2) is 4.61. The monoisotopic (exact) mass is 277 g/mol. The van der Waals surface area contributed by atoms with E-state index in [9.17, 15) is 21.6 Å². The van der Waals surface area contributed by atoms with Crippen LogP contribution in [0.1, 0.15) is 25.0 Å². The molecular formula is C11H10F3NO2S. The topological polar surface area (TPSA) is 57.9 Å². The fourth-order valence-corrected chi connectivity index (χ4v) is 2.68. The Morgan fingerprint density at radius 1 is 1.11 bits per heavy atom. The van der Waals surface area contributed by atoms with Gasteiger partial charge in [-0.25, -0.2) is 21.6 Å². The molecule has 98 valence electrons. The predicted octanol–water partition coefficient (Wildman–Crippen LogP) is 2.47. The van der Waals surface area contributed by atoms with Crippen LogP contribution in [-0.2, 0) is 9.84 Å². The third-order valence-corrected chi connectivity index (χ3v) is 4.73. The smallest absolute Gasteiger partial charge is 0.196 e. The molecule has 3 nitrogen and oxygen atoms in total. The maximum atomic E-state index is 13.6. The van der Waals surface area contributed by atoms with Crippen molar-refractivity contribution in [1.82, 2.24) is 0 Å². The van der Waals surface area contributed by atoms with Crippen LogP contribution in [0.4, 0.5) is 13.2 Å². The SMILES string of the molecule is Cc1c(F)c(F)c(F)c(S(=O)(=O)C(C)C)c1C#N.